The number of aromatic nitrogens is 4. The van der Waals surface area contributed by atoms with Crippen molar-refractivity contribution in [1.82, 2.24) is 19.9 Å². The highest BCUT2D eigenvalue weighted by molar-refractivity contribution is 5.91. The van der Waals surface area contributed by atoms with Crippen molar-refractivity contribution in [2.24, 2.45) is 0 Å². The van der Waals surface area contributed by atoms with Gasteiger partial charge in [-0.15, -0.1) is 0 Å². The van der Waals surface area contributed by atoms with Crippen molar-refractivity contribution >= 4 is 49.9 Å². The number of benzene rings is 9. The second-order valence-electron chi connectivity index (χ2n) is 15.1. The molecule has 61 heavy (non-hydrogen) atoms. The van der Waals surface area contributed by atoms with E-state index in [-0.39, 0.29) is 0 Å². The molecular weight excluding hydrogens is 743 g/mol. The molecule has 5 nitrogen and oxygen atoms in total. The molecule has 9 aromatic carbocycles. The first-order chi connectivity index (χ1) is 30.2. The van der Waals surface area contributed by atoms with Crippen LogP contribution in [0.1, 0.15) is 0 Å². The molecule has 11 aromatic rings. The smallest absolute Gasteiger partial charge is 0.0973 e. The normalized spacial score (nSPS) is 11.3. The fourth-order valence-corrected chi connectivity index (χ4v) is 8.15. The number of anilines is 3. The zero-order valence-electron chi connectivity index (χ0n) is 33.1. The first-order valence-corrected chi connectivity index (χ1v) is 20.5. The fraction of sp³-hybridized carbons (Fsp3) is 0. The van der Waals surface area contributed by atoms with E-state index in [0.717, 1.165) is 89.7 Å². The van der Waals surface area contributed by atoms with E-state index < -0.39 is 0 Å². The van der Waals surface area contributed by atoms with Gasteiger partial charge in [-0.25, -0.2) is 19.9 Å². The van der Waals surface area contributed by atoms with Gasteiger partial charge in [-0.05, 0) is 88.6 Å². The van der Waals surface area contributed by atoms with Crippen LogP contribution in [-0.2, 0) is 0 Å². The average Bonchev–Trinajstić information content (AvgIpc) is 3.34. The highest BCUT2D eigenvalue weighted by Crippen LogP contribution is 2.40. The minimum atomic E-state index is 0.845. The van der Waals surface area contributed by atoms with Crippen molar-refractivity contribution in [3.63, 3.8) is 0 Å². The summed E-state index contributed by atoms with van der Waals surface area (Å²) in [6, 6.07) is 78.0. The third-order valence-electron chi connectivity index (χ3n) is 11.2. The van der Waals surface area contributed by atoms with Gasteiger partial charge < -0.3 is 4.90 Å². The quantitative estimate of drug-likeness (QED) is 0.154. The Kier molecular flexibility index (Phi) is 9.10. The van der Waals surface area contributed by atoms with Gasteiger partial charge in [0, 0.05) is 39.3 Å². The van der Waals surface area contributed by atoms with Crippen LogP contribution in [0.2, 0.25) is 0 Å². The van der Waals surface area contributed by atoms with Crippen molar-refractivity contribution in [1.29, 1.82) is 0 Å². The van der Waals surface area contributed by atoms with Gasteiger partial charge in [0.2, 0.25) is 0 Å². The molecule has 0 bridgehead atoms. The fourth-order valence-electron chi connectivity index (χ4n) is 8.15. The first kappa shape index (κ1) is 35.8. The van der Waals surface area contributed by atoms with E-state index >= 15 is 0 Å². The molecule has 2 aromatic heterocycles. The molecule has 0 spiro atoms. The van der Waals surface area contributed by atoms with Crippen molar-refractivity contribution in [3.05, 3.63) is 224 Å². The third-order valence-corrected chi connectivity index (χ3v) is 11.2. The molecule has 0 radical (unpaired) electrons. The van der Waals surface area contributed by atoms with E-state index in [4.69, 9.17) is 19.9 Å². The van der Waals surface area contributed by atoms with Gasteiger partial charge in [-0.3, -0.25) is 0 Å². The van der Waals surface area contributed by atoms with E-state index in [1.165, 1.54) is 16.3 Å². The lowest BCUT2D eigenvalue weighted by molar-refractivity contribution is 1.26. The predicted molar refractivity (Wildman–Crippen MR) is 252 cm³/mol. The van der Waals surface area contributed by atoms with Crippen LogP contribution in [0.25, 0.3) is 89.0 Å². The molecule has 0 saturated heterocycles. The molecule has 0 saturated carbocycles. The van der Waals surface area contributed by atoms with Gasteiger partial charge >= 0.3 is 0 Å². The van der Waals surface area contributed by atoms with Crippen molar-refractivity contribution in [2.45, 2.75) is 0 Å². The summed E-state index contributed by atoms with van der Waals surface area (Å²) in [5, 5.41) is 2.46. The molecule has 0 aliphatic rings. The van der Waals surface area contributed by atoms with Gasteiger partial charge in [0.1, 0.15) is 0 Å². The maximum absolute atomic E-state index is 5.17. The number of fused-ring (bicyclic) bond motifs is 3. The molecule has 0 atom stereocenters. The van der Waals surface area contributed by atoms with Crippen LogP contribution in [0.4, 0.5) is 17.1 Å². The third kappa shape index (κ3) is 6.94. The molecule has 0 aliphatic heterocycles. The maximum atomic E-state index is 5.17. The molecule has 11 rings (SSSR count). The summed E-state index contributed by atoms with van der Waals surface area (Å²) in [6.07, 6.45) is 0. The Bertz CT molecular complexity index is 3160. The second kappa shape index (κ2) is 15.5. The van der Waals surface area contributed by atoms with Crippen molar-refractivity contribution in [2.75, 3.05) is 4.90 Å². The molecule has 286 valence electrons. The highest BCUT2D eigenvalue weighted by atomic mass is 15.1. The SMILES string of the molecule is c1ccc(-c2nc3ccccc3nc2-c2ccc(N(c3ccc(-c4ccc5ccccc5c4)cc3)c3ccc(-c4nc5ccccc5nc4-c4ccccc4)cc3)cc2)cc1. The summed E-state index contributed by atoms with van der Waals surface area (Å²) in [5.74, 6) is 0. The van der Waals surface area contributed by atoms with Gasteiger partial charge in [0.25, 0.3) is 0 Å². The first-order valence-electron chi connectivity index (χ1n) is 20.5. The Morgan fingerprint density at radius 2 is 0.541 bits per heavy atom. The largest absolute Gasteiger partial charge is 0.311 e. The average molecular weight is 780 g/mol. The summed E-state index contributed by atoms with van der Waals surface area (Å²) >= 11 is 0. The highest BCUT2D eigenvalue weighted by Gasteiger charge is 2.18. The maximum Gasteiger partial charge on any atom is 0.0973 e. The van der Waals surface area contributed by atoms with E-state index in [9.17, 15) is 0 Å². The van der Waals surface area contributed by atoms with Crippen LogP contribution in [-0.4, -0.2) is 19.9 Å². The minimum Gasteiger partial charge on any atom is -0.311 e. The lowest BCUT2D eigenvalue weighted by atomic mass is 10.0. The monoisotopic (exact) mass is 779 g/mol. The summed E-state index contributed by atoms with van der Waals surface area (Å²) in [6.45, 7) is 0. The van der Waals surface area contributed by atoms with Crippen LogP contribution in [0.15, 0.2) is 224 Å². The van der Waals surface area contributed by atoms with Gasteiger partial charge in [0.15, 0.2) is 0 Å². The van der Waals surface area contributed by atoms with Crippen LogP contribution < -0.4 is 4.90 Å². The minimum absolute atomic E-state index is 0.845. The Morgan fingerprint density at radius 3 is 0.951 bits per heavy atom. The second-order valence-corrected chi connectivity index (χ2v) is 15.1. The summed E-state index contributed by atoms with van der Waals surface area (Å²) in [5.41, 5.74) is 16.3. The molecule has 0 N–H and O–H groups in total. The lowest BCUT2D eigenvalue weighted by Gasteiger charge is -2.26. The summed E-state index contributed by atoms with van der Waals surface area (Å²) < 4.78 is 0. The Labute approximate surface area is 354 Å². The standard InChI is InChI=1S/C56H37N5/c1-3-14-40(15-4-1)53-55(59-51-21-11-9-19-49(51)57-53)42-27-33-47(34-28-42)61(46-31-25-39(26-32-46)45-24-23-38-13-7-8-18-44(38)37-45)48-35-29-43(30-36-48)56-54(41-16-5-2-6-17-41)58-50-20-10-12-22-52(50)60-56/h1-37H. The van der Waals surface area contributed by atoms with Gasteiger partial charge in [-0.2, -0.15) is 0 Å². The Hall–Kier alpha value is -8.28. The van der Waals surface area contributed by atoms with Crippen LogP contribution in [0.5, 0.6) is 0 Å². The van der Waals surface area contributed by atoms with Crippen molar-refractivity contribution in [3.8, 4) is 56.2 Å². The zero-order valence-corrected chi connectivity index (χ0v) is 33.1. The molecular formula is C56H37N5. The predicted octanol–water partition coefficient (Wildman–Crippen LogP) is 14.5. The summed E-state index contributed by atoms with van der Waals surface area (Å²) in [7, 11) is 0. The Balaban J connectivity index is 1.01. The lowest BCUT2D eigenvalue weighted by Crippen LogP contribution is -2.10. The van der Waals surface area contributed by atoms with E-state index in [1.54, 1.807) is 0 Å². The molecule has 2 heterocycles. The molecule has 0 amide bonds. The molecule has 0 fully saturated rings. The zero-order chi connectivity index (χ0) is 40.5. The number of rotatable bonds is 8. The van der Waals surface area contributed by atoms with Crippen LogP contribution >= 0.6 is 0 Å². The Morgan fingerprint density at radius 1 is 0.230 bits per heavy atom. The van der Waals surface area contributed by atoms with Crippen LogP contribution in [0, 0.1) is 0 Å². The topological polar surface area (TPSA) is 54.8 Å². The van der Waals surface area contributed by atoms with E-state index in [2.05, 4.69) is 144 Å². The molecule has 5 heteroatoms. The van der Waals surface area contributed by atoms with E-state index in [0.29, 0.717) is 0 Å². The van der Waals surface area contributed by atoms with Crippen LogP contribution in [0.3, 0.4) is 0 Å². The number of hydrogen-bond donors (Lipinski definition) is 0. The van der Waals surface area contributed by atoms with Gasteiger partial charge in [0.05, 0.1) is 44.8 Å². The number of para-hydroxylation sites is 4. The number of nitrogens with zero attached hydrogens (tertiary/aromatic N) is 5. The van der Waals surface area contributed by atoms with Crippen molar-refractivity contribution < 1.29 is 0 Å². The number of hydrogen-bond acceptors (Lipinski definition) is 5. The molecule has 0 unspecified atom stereocenters. The van der Waals surface area contributed by atoms with E-state index in [1.807, 2.05) is 84.9 Å². The molecule has 0 aliphatic carbocycles. The van der Waals surface area contributed by atoms with Gasteiger partial charge in [-0.1, -0.05) is 158 Å². The summed E-state index contributed by atoms with van der Waals surface area (Å²) in [4.78, 5) is 22.9.